The van der Waals surface area contributed by atoms with Gasteiger partial charge in [0.05, 0.1) is 0 Å². The highest BCUT2D eigenvalue weighted by molar-refractivity contribution is 5.75. The van der Waals surface area contributed by atoms with Gasteiger partial charge in [-0.15, -0.1) is 0 Å². The highest BCUT2D eigenvalue weighted by Gasteiger charge is 2.00. The van der Waals surface area contributed by atoms with E-state index in [1.165, 1.54) is 96.3 Å². The highest BCUT2D eigenvalue weighted by atomic mass is 16.1. The molecule has 0 spiro atoms. The quantitative estimate of drug-likeness (QED) is 0.0873. The average Bonchev–Trinajstić information content (AvgIpc) is 2.86. The lowest BCUT2D eigenvalue weighted by molar-refractivity contribution is -0.121. The second-order valence-electron chi connectivity index (χ2n) is 10.1. The summed E-state index contributed by atoms with van der Waals surface area (Å²) in [7, 11) is 0. The van der Waals surface area contributed by atoms with Crippen molar-refractivity contribution in [2.75, 3.05) is 52.4 Å². The van der Waals surface area contributed by atoms with E-state index in [9.17, 15) is 4.79 Å². The van der Waals surface area contributed by atoms with Crippen LogP contribution in [0.4, 0.5) is 0 Å². The monoisotopic (exact) mass is 498 g/mol. The molecular weight excluding hydrogens is 434 g/mol. The Kier molecular flexibility index (Phi) is 30.7. The fraction of sp³-hybridized carbons (Fsp3) is 0.966. The molecule has 0 saturated heterocycles. The molecule has 6 heteroatoms. The van der Waals surface area contributed by atoms with Gasteiger partial charge in [-0.25, -0.2) is 0 Å². The predicted molar refractivity (Wildman–Crippen MR) is 154 cm³/mol. The number of hydrogen-bond acceptors (Lipinski definition) is 5. The van der Waals surface area contributed by atoms with Gasteiger partial charge in [0.15, 0.2) is 0 Å². The van der Waals surface area contributed by atoms with Crippen LogP contribution in [0.1, 0.15) is 129 Å². The molecule has 0 aliphatic carbocycles. The molecule has 1 amide bonds. The Morgan fingerprint density at radius 2 is 0.886 bits per heavy atom. The SMILES string of the molecule is CCCCCCCCCCCCCCCC(=O)NCCCNCCCCNCCCNCCCN. The van der Waals surface area contributed by atoms with Crippen molar-refractivity contribution in [3.63, 3.8) is 0 Å². The number of carbonyl (C=O) groups is 1. The molecule has 0 aromatic rings. The highest BCUT2D eigenvalue weighted by Crippen LogP contribution is 2.12. The number of carbonyl (C=O) groups excluding carboxylic acids is 1. The van der Waals surface area contributed by atoms with Gasteiger partial charge in [0.25, 0.3) is 0 Å². The summed E-state index contributed by atoms with van der Waals surface area (Å²) in [6.45, 7) is 10.2. The smallest absolute Gasteiger partial charge is 0.219 e. The third kappa shape index (κ3) is 31.3. The molecule has 0 rings (SSSR count). The lowest BCUT2D eigenvalue weighted by Gasteiger charge is -2.08. The van der Waals surface area contributed by atoms with Crippen molar-refractivity contribution in [3.05, 3.63) is 0 Å². The molecule has 6 nitrogen and oxygen atoms in total. The fourth-order valence-electron chi connectivity index (χ4n) is 4.27. The maximum Gasteiger partial charge on any atom is 0.219 e. The normalized spacial score (nSPS) is 11.3. The van der Waals surface area contributed by atoms with Crippen LogP contribution in [0, 0.1) is 0 Å². The van der Waals surface area contributed by atoms with Crippen molar-refractivity contribution in [1.82, 2.24) is 21.3 Å². The van der Waals surface area contributed by atoms with Crippen LogP contribution in [0.3, 0.4) is 0 Å². The van der Waals surface area contributed by atoms with Gasteiger partial charge in [0.2, 0.25) is 5.91 Å². The van der Waals surface area contributed by atoms with Gasteiger partial charge >= 0.3 is 0 Å². The maximum absolute atomic E-state index is 11.9. The summed E-state index contributed by atoms with van der Waals surface area (Å²) in [6, 6.07) is 0. The average molecular weight is 498 g/mol. The molecule has 6 N–H and O–H groups in total. The van der Waals surface area contributed by atoms with Crippen molar-refractivity contribution in [1.29, 1.82) is 0 Å². The van der Waals surface area contributed by atoms with Crippen molar-refractivity contribution in [2.24, 2.45) is 5.73 Å². The van der Waals surface area contributed by atoms with Gasteiger partial charge in [-0.3, -0.25) is 4.79 Å². The molecule has 35 heavy (non-hydrogen) atoms. The third-order valence-corrected chi connectivity index (χ3v) is 6.58. The van der Waals surface area contributed by atoms with E-state index in [-0.39, 0.29) is 5.91 Å². The summed E-state index contributed by atoms with van der Waals surface area (Å²) in [5, 5.41) is 13.5. The van der Waals surface area contributed by atoms with Crippen LogP contribution < -0.4 is 27.0 Å². The zero-order valence-corrected chi connectivity index (χ0v) is 23.6. The Morgan fingerprint density at radius 3 is 1.37 bits per heavy atom. The van der Waals surface area contributed by atoms with Crippen LogP contribution in [0.25, 0.3) is 0 Å². The van der Waals surface area contributed by atoms with Crippen LogP contribution in [0.2, 0.25) is 0 Å². The minimum atomic E-state index is 0.230. The third-order valence-electron chi connectivity index (χ3n) is 6.58. The standard InChI is InChI=1S/C29H63N5O/c1-2-3-4-5-6-7-8-9-10-11-12-13-14-20-29(35)34-28-19-27-32-23-16-15-22-31-25-18-26-33-24-17-21-30/h31-33H,2-28,30H2,1H3,(H,34,35). The first-order valence-electron chi connectivity index (χ1n) is 15.4. The summed E-state index contributed by atoms with van der Waals surface area (Å²) in [6.07, 6.45) is 23.9. The van der Waals surface area contributed by atoms with E-state index in [0.717, 1.165) is 71.6 Å². The van der Waals surface area contributed by atoms with E-state index in [0.29, 0.717) is 6.42 Å². The van der Waals surface area contributed by atoms with Gasteiger partial charge < -0.3 is 27.0 Å². The molecule has 0 radical (unpaired) electrons. The van der Waals surface area contributed by atoms with Crippen LogP contribution in [0.5, 0.6) is 0 Å². The van der Waals surface area contributed by atoms with E-state index in [1.54, 1.807) is 0 Å². The molecule has 0 aromatic heterocycles. The molecule has 0 fully saturated rings. The minimum Gasteiger partial charge on any atom is -0.356 e. The van der Waals surface area contributed by atoms with Gasteiger partial charge in [-0.2, -0.15) is 0 Å². The van der Waals surface area contributed by atoms with Gasteiger partial charge in [-0.05, 0) is 84.3 Å². The maximum atomic E-state index is 11.9. The molecule has 0 aliphatic heterocycles. The lowest BCUT2D eigenvalue weighted by atomic mass is 10.0. The number of nitrogens with one attached hydrogen (secondary N) is 4. The Hall–Kier alpha value is -0.690. The summed E-state index contributed by atoms with van der Waals surface area (Å²) < 4.78 is 0. The molecule has 0 unspecified atom stereocenters. The molecule has 0 bridgehead atoms. The molecular formula is C29H63N5O. The van der Waals surface area contributed by atoms with E-state index >= 15 is 0 Å². The van der Waals surface area contributed by atoms with Crippen LogP contribution in [-0.2, 0) is 4.79 Å². The van der Waals surface area contributed by atoms with E-state index < -0.39 is 0 Å². The van der Waals surface area contributed by atoms with Crippen LogP contribution in [-0.4, -0.2) is 58.3 Å². The fourth-order valence-corrected chi connectivity index (χ4v) is 4.27. The molecule has 0 atom stereocenters. The number of nitrogens with two attached hydrogens (primary N) is 1. The first-order valence-corrected chi connectivity index (χ1v) is 15.4. The largest absolute Gasteiger partial charge is 0.356 e. The predicted octanol–water partition coefficient (Wildman–Crippen LogP) is 5.26. The first-order chi connectivity index (χ1) is 17.3. The summed E-state index contributed by atoms with van der Waals surface area (Å²) in [4.78, 5) is 11.9. The van der Waals surface area contributed by atoms with Gasteiger partial charge in [-0.1, -0.05) is 84.0 Å². The molecule has 210 valence electrons. The Labute approximate surface area is 219 Å². The number of hydrogen-bond donors (Lipinski definition) is 5. The molecule has 0 heterocycles. The molecule has 0 aliphatic rings. The van der Waals surface area contributed by atoms with E-state index in [1.807, 2.05) is 0 Å². The Morgan fingerprint density at radius 1 is 0.486 bits per heavy atom. The zero-order chi connectivity index (χ0) is 25.5. The van der Waals surface area contributed by atoms with Crippen molar-refractivity contribution in [3.8, 4) is 0 Å². The van der Waals surface area contributed by atoms with E-state index in [2.05, 4.69) is 28.2 Å². The van der Waals surface area contributed by atoms with Crippen molar-refractivity contribution >= 4 is 5.91 Å². The van der Waals surface area contributed by atoms with Crippen LogP contribution >= 0.6 is 0 Å². The van der Waals surface area contributed by atoms with Crippen LogP contribution in [0.15, 0.2) is 0 Å². The summed E-state index contributed by atoms with van der Waals surface area (Å²) in [5.41, 5.74) is 5.47. The van der Waals surface area contributed by atoms with Crippen molar-refractivity contribution < 1.29 is 4.79 Å². The summed E-state index contributed by atoms with van der Waals surface area (Å²) >= 11 is 0. The Balaban J connectivity index is 3.14. The van der Waals surface area contributed by atoms with Crippen molar-refractivity contribution in [2.45, 2.75) is 129 Å². The molecule has 0 aromatic carbocycles. The number of amides is 1. The van der Waals surface area contributed by atoms with Gasteiger partial charge in [0.1, 0.15) is 0 Å². The van der Waals surface area contributed by atoms with Gasteiger partial charge in [0, 0.05) is 13.0 Å². The zero-order valence-electron chi connectivity index (χ0n) is 23.6. The Bertz CT molecular complexity index is 409. The number of unbranched alkanes of at least 4 members (excludes halogenated alkanes) is 13. The summed E-state index contributed by atoms with van der Waals surface area (Å²) in [5.74, 6) is 0.230. The van der Waals surface area contributed by atoms with E-state index in [4.69, 9.17) is 5.73 Å². The second kappa shape index (κ2) is 31.3. The first kappa shape index (κ1) is 34.3. The second-order valence-corrected chi connectivity index (χ2v) is 10.1. The minimum absolute atomic E-state index is 0.230. The molecule has 0 saturated carbocycles. The topological polar surface area (TPSA) is 91.2 Å². The number of rotatable bonds is 30. The lowest BCUT2D eigenvalue weighted by Crippen LogP contribution is -2.27.